The highest BCUT2D eigenvalue weighted by atomic mass is 16.3. The van der Waals surface area contributed by atoms with Gasteiger partial charge in [-0.2, -0.15) is 0 Å². The lowest BCUT2D eigenvalue weighted by molar-refractivity contribution is 0.0314. The summed E-state index contributed by atoms with van der Waals surface area (Å²) >= 11 is 0. The number of aliphatic hydroxyl groups is 1. The molecule has 0 bridgehead atoms. The summed E-state index contributed by atoms with van der Waals surface area (Å²) in [5.74, 6) is 0.969. The van der Waals surface area contributed by atoms with E-state index in [2.05, 4.69) is 12.2 Å². The molecule has 1 rings (SSSR count). The van der Waals surface area contributed by atoms with Crippen molar-refractivity contribution in [3.8, 4) is 0 Å². The molecule has 2 N–H and O–H groups in total. The summed E-state index contributed by atoms with van der Waals surface area (Å²) in [6.45, 7) is 5.52. The third-order valence-electron chi connectivity index (χ3n) is 3.97. The topological polar surface area (TPSA) is 35.5 Å². The molecule has 0 aromatic carbocycles. The van der Waals surface area contributed by atoms with Crippen LogP contribution in [0, 0.1) is 5.92 Å². The normalized spacial score (nSPS) is 22.3. The number of rotatable bonds is 8. The smallest absolute Gasteiger partial charge is 0.0869 e. The Balaban J connectivity index is 2.13. The van der Waals surface area contributed by atoms with E-state index in [1.807, 2.05) is 25.9 Å². The van der Waals surface area contributed by atoms with Gasteiger partial charge in [0.1, 0.15) is 0 Å². The van der Waals surface area contributed by atoms with E-state index in [1.165, 1.54) is 38.5 Å². The van der Waals surface area contributed by atoms with Gasteiger partial charge in [-0.05, 0) is 46.7 Å². The number of likely N-dealkylation sites (N-methyl/N-ethyl adjacent to an activating group) is 1. The highest BCUT2D eigenvalue weighted by Crippen LogP contribution is 2.28. The molecule has 1 aliphatic rings. The summed E-state index contributed by atoms with van der Waals surface area (Å²) in [6, 6.07) is 0.513. The molecule has 0 amide bonds. The summed E-state index contributed by atoms with van der Waals surface area (Å²) < 4.78 is 0. The molecule has 0 spiro atoms. The van der Waals surface area contributed by atoms with Gasteiger partial charge in [0.05, 0.1) is 5.60 Å². The van der Waals surface area contributed by atoms with Gasteiger partial charge < -0.3 is 15.3 Å². The Labute approximate surface area is 113 Å². The van der Waals surface area contributed by atoms with E-state index in [-0.39, 0.29) is 0 Å². The lowest BCUT2D eigenvalue weighted by Gasteiger charge is -2.29. The van der Waals surface area contributed by atoms with Crippen LogP contribution in [0.3, 0.4) is 0 Å². The zero-order chi connectivity index (χ0) is 13.6. The lowest BCUT2D eigenvalue weighted by Crippen LogP contribution is -2.47. The maximum atomic E-state index is 10.2. The monoisotopic (exact) mass is 256 g/mol. The van der Waals surface area contributed by atoms with E-state index in [9.17, 15) is 5.11 Å². The minimum absolute atomic E-state index is 0.513. The number of nitrogens with zero attached hydrogens (tertiary/aromatic N) is 1. The quantitative estimate of drug-likeness (QED) is 0.699. The molecule has 0 saturated heterocycles. The zero-order valence-electron chi connectivity index (χ0n) is 12.7. The van der Waals surface area contributed by atoms with Crippen LogP contribution >= 0.6 is 0 Å². The minimum Gasteiger partial charge on any atom is -0.388 e. The van der Waals surface area contributed by atoms with Crippen molar-refractivity contribution >= 4 is 0 Å². The van der Waals surface area contributed by atoms with E-state index in [1.54, 1.807) is 0 Å². The molecular weight excluding hydrogens is 224 g/mol. The van der Waals surface area contributed by atoms with Gasteiger partial charge in [-0.25, -0.2) is 0 Å². The second kappa shape index (κ2) is 7.46. The fourth-order valence-corrected chi connectivity index (χ4v) is 3.02. The van der Waals surface area contributed by atoms with Crippen LogP contribution < -0.4 is 5.32 Å². The van der Waals surface area contributed by atoms with Crippen LogP contribution in [0.1, 0.15) is 52.4 Å². The zero-order valence-corrected chi connectivity index (χ0v) is 12.7. The average molecular weight is 256 g/mol. The Hall–Kier alpha value is -0.120. The van der Waals surface area contributed by atoms with Crippen molar-refractivity contribution < 1.29 is 5.11 Å². The molecule has 0 aliphatic heterocycles. The molecule has 1 saturated carbocycles. The molecule has 3 heteroatoms. The Morgan fingerprint density at radius 2 is 1.94 bits per heavy atom. The first kappa shape index (κ1) is 15.9. The Morgan fingerprint density at radius 1 is 1.33 bits per heavy atom. The third kappa shape index (κ3) is 6.72. The molecule has 108 valence electrons. The van der Waals surface area contributed by atoms with Crippen molar-refractivity contribution in [3.63, 3.8) is 0 Å². The Bertz CT molecular complexity index is 223. The maximum Gasteiger partial charge on any atom is 0.0869 e. The van der Waals surface area contributed by atoms with Crippen LogP contribution in [0.4, 0.5) is 0 Å². The van der Waals surface area contributed by atoms with Gasteiger partial charge in [0.25, 0.3) is 0 Å². The van der Waals surface area contributed by atoms with Gasteiger partial charge in [0, 0.05) is 19.1 Å². The third-order valence-corrected chi connectivity index (χ3v) is 3.97. The molecule has 2 atom stereocenters. The predicted octanol–water partition coefficient (Wildman–Crippen LogP) is 2.25. The highest BCUT2D eigenvalue weighted by molar-refractivity contribution is 4.80. The van der Waals surface area contributed by atoms with Gasteiger partial charge in [-0.15, -0.1) is 0 Å². The van der Waals surface area contributed by atoms with Gasteiger partial charge in [-0.3, -0.25) is 0 Å². The summed E-state index contributed by atoms with van der Waals surface area (Å²) in [4.78, 5) is 2.03. The highest BCUT2D eigenvalue weighted by Gasteiger charge is 2.22. The van der Waals surface area contributed by atoms with E-state index < -0.39 is 5.60 Å². The van der Waals surface area contributed by atoms with Crippen LogP contribution in [0.15, 0.2) is 0 Å². The Kier molecular flexibility index (Phi) is 6.61. The van der Waals surface area contributed by atoms with Crippen LogP contribution in [0.2, 0.25) is 0 Å². The second-order valence-corrected chi connectivity index (χ2v) is 6.74. The minimum atomic E-state index is -0.634. The van der Waals surface area contributed by atoms with Gasteiger partial charge in [-0.1, -0.05) is 25.7 Å². The van der Waals surface area contributed by atoms with Crippen molar-refractivity contribution in [2.24, 2.45) is 5.92 Å². The van der Waals surface area contributed by atoms with Crippen molar-refractivity contribution in [3.05, 3.63) is 0 Å². The first-order valence-electron chi connectivity index (χ1n) is 7.49. The standard InChI is InChI=1S/C15H32N2O/c1-13(9-10-14-7-5-6-8-14)16-11-15(2,18)12-17(3)4/h13-14,16,18H,5-12H2,1-4H3. The Morgan fingerprint density at radius 3 is 2.50 bits per heavy atom. The van der Waals surface area contributed by atoms with Gasteiger partial charge >= 0.3 is 0 Å². The molecule has 2 unspecified atom stereocenters. The molecule has 0 aromatic rings. The molecule has 0 heterocycles. The van der Waals surface area contributed by atoms with Crippen LogP contribution in [0.5, 0.6) is 0 Å². The molecule has 1 fully saturated rings. The molecular formula is C15H32N2O. The van der Waals surface area contributed by atoms with E-state index >= 15 is 0 Å². The number of hydrogen-bond acceptors (Lipinski definition) is 3. The predicted molar refractivity (Wildman–Crippen MR) is 77.8 cm³/mol. The van der Waals surface area contributed by atoms with E-state index in [0.29, 0.717) is 19.1 Å². The summed E-state index contributed by atoms with van der Waals surface area (Å²) in [5, 5.41) is 13.7. The number of nitrogens with one attached hydrogen (secondary N) is 1. The first-order chi connectivity index (χ1) is 8.39. The molecule has 18 heavy (non-hydrogen) atoms. The van der Waals surface area contributed by atoms with Crippen molar-refractivity contribution in [1.82, 2.24) is 10.2 Å². The van der Waals surface area contributed by atoms with E-state index in [4.69, 9.17) is 0 Å². The summed E-state index contributed by atoms with van der Waals surface area (Å²) in [7, 11) is 4.00. The molecule has 0 radical (unpaired) electrons. The van der Waals surface area contributed by atoms with Crippen molar-refractivity contribution in [2.75, 3.05) is 27.2 Å². The first-order valence-corrected chi connectivity index (χ1v) is 7.49. The average Bonchev–Trinajstić information content (AvgIpc) is 2.74. The van der Waals surface area contributed by atoms with Crippen molar-refractivity contribution in [1.29, 1.82) is 0 Å². The van der Waals surface area contributed by atoms with E-state index in [0.717, 1.165) is 5.92 Å². The largest absolute Gasteiger partial charge is 0.388 e. The van der Waals surface area contributed by atoms with Crippen LogP contribution in [-0.4, -0.2) is 48.8 Å². The molecule has 1 aliphatic carbocycles. The van der Waals surface area contributed by atoms with Crippen LogP contribution in [-0.2, 0) is 0 Å². The van der Waals surface area contributed by atoms with Gasteiger partial charge in [0.2, 0.25) is 0 Å². The van der Waals surface area contributed by atoms with Crippen LogP contribution in [0.25, 0.3) is 0 Å². The second-order valence-electron chi connectivity index (χ2n) is 6.74. The summed E-state index contributed by atoms with van der Waals surface area (Å²) in [5.41, 5.74) is -0.634. The molecule has 0 aromatic heterocycles. The maximum absolute atomic E-state index is 10.2. The SMILES string of the molecule is CC(CCC1CCCC1)NCC(C)(O)CN(C)C. The van der Waals surface area contributed by atoms with Crippen molar-refractivity contribution in [2.45, 2.75) is 64.0 Å². The molecule has 3 nitrogen and oxygen atoms in total. The number of hydrogen-bond donors (Lipinski definition) is 2. The fraction of sp³-hybridized carbons (Fsp3) is 1.00. The lowest BCUT2D eigenvalue weighted by atomic mass is 9.98. The van der Waals surface area contributed by atoms with Gasteiger partial charge in [0.15, 0.2) is 0 Å². The summed E-state index contributed by atoms with van der Waals surface area (Å²) in [6.07, 6.45) is 8.33. The fourth-order valence-electron chi connectivity index (χ4n) is 3.02.